The summed E-state index contributed by atoms with van der Waals surface area (Å²) in [5.41, 5.74) is 12.2. The molecule has 0 fully saturated rings. The standard InChI is InChI=1S/C74H91N3O11.C3H8/c1-15-19-20-21-26-75-60-24-22-47-29-48-23-25-61(41-63(48)77-62(47)40-60)76-64(78)42-85-69-51-30-49-27-46(5)28-50(68(49)86-43-65(79)82-16-2)31-52-35-58(73(9,10)11)38-55(70(52)87-44-66(80)83-17-3)33-56-39-59(74(12,13)14)37-54(71(56)88-45-67(81)84-18-4)32-53(69)36-57(34-51)72(6,7)8;1-3-2/h22-25,27-29,34-41,75H,15-21,26,30-33,42-45H2,1-14H3,(H,76,78);3H2,1-2H3. The molecule has 0 saturated heterocycles. The van der Waals surface area contributed by atoms with E-state index in [1.807, 2.05) is 25.1 Å². The number of aryl methyl sites for hydroxylation is 1. The van der Waals surface area contributed by atoms with Crippen molar-refractivity contribution in [2.45, 2.75) is 185 Å². The highest BCUT2D eigenvalue weighted by atomic mass is 16.6. The maximum absolute atomic E-state index is 14.5. The number of anilines is 2. The molecule has 0 unspecified atom stereocenters. The third kappa shape index (κ3) is 19.4. The molecule has 14 heteroatoms. The van der Waals surface area contributed by atoms with Gasteiger partial charge in [0, 0.05) is 54.4 Å². The number of carbonyl (C=O) groups excluding carboxylic acids is 4. The molecule has 488 valence electrons. The number of esters is 3. The Hall–Kier alpha value is -8.13. The van der Waals surface area contributed by atoms with Crippen LogP contribution in [0.5, 0.6) is 23.0 Å². The Morgan fingerprint density at radius 2 is 0.769 bits per heavy atom. The Labute approximate surface area is 540 Å². The van der Waals surface area contributed by atoms with Crippen molar-refractivity contribution in [3.8, 4) is 23.0 Å². The first-order valence-electron chi connectivity index (χ1n) is 32.7. The third-order valence-electron chi connectivity index (χ3n) is 15.8. The Balaban J connectivity index is 0.00000384. The van der Waals surface area contributed by atoms with Crippen molar-refractivity contribution in [2.24, 2.45) is 0 Å². The highest BCUT2D eigenvalue weighted by Crippen LogP contribution is 2.44. The molecule has 1 aromatic heterocycles. The van der Waals surface area contributed by atoms with Crippen LogP contribution in [0.15, 0.2) is 91.0 Å². The van der Waals surface area contributed by atoms with E-state index in [-0.39, 0.29) is 94.1 Å². The summed E-state index contributed by atoms with van der Waals surface area (Å²) in [5.74, 6) is 0.0131. The van der Waals surface area contributed by atoms with Gasteiger partial charge in [0.15, 0.2) is 26.4 Å². The van der Waals surface area contributed by atoms with E-state index >= 15 is 0 Å². The van der Waals surface area contributed by atoms with E-state index in [9.17, 15) is 19.2 Å². The largest absolute Gasteiger partial charge is 0.483 e. The Morgan fingerprint density at radius 1 is 0.429 bits per heavy atom. The minimum Gasteiger partial charge on any atom is -0.483 e. The minimum atomic E-state index is -0.521. The molecular formula is C77H99N3O11. The minimum absolute atomic E-state index is 0.176. The molecule has 6 aromatic carbocycles. The summed E-state index contributed by atoms with van der Waals surface area (Å²) < 4.78 is 43.4. The van der Waals surface area contributed by atoms with Gasteiger partial charge in [0.2, 0.25) is 0 Å². The van der Waals surface area contributed by atoms with Gasteiger partial charge in [0.25, 0.3) is 5.91 Å². The van der Waals surface area contributed by atoms with E-state index in [0.717, 1.165) is 107 Å². The Morgan fingerprint density at radius 3 is 1.12 bits per heavy atom. The average Bonchev–Trinajstić information content (AvgIpc) is 0.873. The number of amides is 1. The Kier molecular flexibility index (Phi) is 24.5. The molecule has 1 aliphatic rings. The number of aromatic nitrogens is 1. The highest BCUT2D eigenvalue weighted by molar-refractivity contribution is 5.98. The number of carbonyl (C=O) groups is 4. The number of fused-ring (bicyclic) bond motifs is 10. The molecule has 8 bridgehead atoms. The fourth-order valence-electron chi connectivity index (χ4n) is 11.2. The van der Waals surface area contributed by atoms with E-state index in [1.54, 1.807) is 20.8 Å². The van der Waals surface area contributed by atoms with E-state index in [0.29, 0.717) is 28.7 Å². The lowest BCUT2D eigenvalue weighted by Crippen LogP contribution is -2.22. The summed E-state index contributed by atoms with van der Waals surface area (Å²) in [5, 5.41) is 8.64. The summed E-state index contributed by atoms with van der Waals surface area (Å²) in [6.07, 6.45) is 6.96. The summed E-state index contributed by atoms with van der Waals surface area (Å²) in [6, 6.07) is 31.0. The summed E-state index contributed by atoms with van der Waals surface area (Å²) >= 11 is 0. The van der Waals surface area contributed by atoms with Crippen LogP contribution in [0.25, 0.3) is 21.8 Å². The van der Waals surface area contributed by atoms with Crippen LogP contribution in [0.2, 0.25) is 0 Å². The van der Waals surface area contributed by atoms with Gasteiger partial charge in [-0.15, -0.1) is 0 Å². The molecule has 0 atom stereocenters. The van der Waals surface area contributed by atoms with Crippen LogP contribution in [0.1, 0.15) is 203 Å². The fourth-order valence-corrected chi connectivity index (χ4v) is 11.2. The molecule has 8 rings (SSSR count). The zero-order chi connectivity index (χ0) is 66.2. The van der Waals surface area contributed by atoms with Gasteiger partial charge in [-0.1, -0.05) is 175 Å². The van der Waals surface area contributed by atoms with Gasteiger partial charge in [-0.25, -0.2) is 19.4 Å². The summed E-state index contributed by atoms with van der Waals surface area (Å²) in [6.45, 7) is 33.2. The molecule has 0 saturated carbocycles. The molecule has 0 aliphatic heterocycles. The molecule has 91 heavy (non-hydrogen) atoms. The summed E-state index contributed by atoms with van der Waals surface area (Å²) in [7, 11) is 0. The zero-order valence-electron chi connectivity index (χ0n) is 57.1. The summed E-state index contributed by atoms with van der Waals surface area (Å²) in [4.78, 5) is 59.6. The van der Waals surface area contributed by atoms with Crippen molar-refractivity contribution in [3.63, 3.8) is 0 Å². The monoisotopic (exact) mass is 1240 g/mol. The second-order valence-corrected chi connectivity index (χ2v) is 26.9. The maximum atomic E-state index is 14.5. The van der Waals surface area contributed by atoms with Gasteiger partial charge in [0.05, 0.1) is 30.9 Å². The van der Waals surface area contributed by atoms with E-state index in [1.165, 1.54) is 25.7 Å². The number of pyridine rings is 1. The van der Waals surface area contributed by atoms with Crippen LogP contribution in [0, 0.1) is 6.92 Å². The van der Waals surface area contributed by atoms with Crippen LogP contribution in [0.4, 0.5) is 11.4 Å². The van der Waals surface area contributed by atoms with Crippen molar-refractivity contribution >= 4 is 57.0 Å². The molecule has 14 nitrogen and oxygen atoms in total. The average molecular weight is 1240 g/mol. The lowest BCUT2D eigenvalue weighted by Gasteiger charge is -2.28. The quantitative estimate of drug-likeness (QED) is 0.0285. The number of ether oxygens (including phenoxy) is 7. The molecular weight excluding hydrogens is 1140 g/mol. The Bertz CT molecular complexity index is 3700. The number of hydrogen-bond acceptors (Lipinski definition) is 13. The van der Waals surface area contributed by atoms with Gasteiger partial charge in [-0.2, -0.15) is 0 Å². The second-order valence-electron chi connectivity index (χ2n) is 26.9. The number of nitrogens with one attached hydrogen (secondary N) is 2. The number of benzene rings is 6. The lowest BCUT2D eigenvalue weighted by molar-refractivity contribution is -0.146. The first-order chi connectivity index (χ1) is 43.2. The number of hydrogen-bond donors (Lipinski definition) is 2. The fraction of sp³-hybridized carbons (Fsp3) is 0.468. The van der Waals surface area contributed by atoms with Crippen LogP contribution in [-0.2, 0) is 75.3 Å². The van der Waals surface area contributed by atoms with Crippen LogP contribution in [0.3, 0.4) is 0 Å². The third-order valence-corrected chi connectivity index (χ3v) is 15.8. The van der Waals surface area contributed by atoms with Gasteiger partial charge in [-0.05, 0) is 142 Å². The number of rotatable bonds is 22. The molecule has 0 spiro atoms. The van der Waals surface area contributed by atoms with Gasteiger partial charge < -0.3 is 43.8 Å². The maximum Gasteiger partial charge on any atom is 0.344 e. The normalized spacial score (nSPS) is 12.3. The molecule has 1 amide bonds. The molecule has 0 radical (unpaired) electrons. The smallest absolute Gasteiger partial charge is 0.344 e. The lowest BCUT2D eigenvalue weighted by atomic mass is 9.80. The van der Waals surface area contributed by atoms with Crippen molar-refractivity contribution in [1.29, 1.82) is 0 Å². The van der Waals surface area contributed by atoms with Gasteiger partial charge >= 0.3 is 17.9 Å². The van der Waals surface area contributed by atoms with Crippen LogP contribution >= 0.6 is 0 Å². The van der Waals surface area contributed by atoms with Crippen LogP contribution in [-0.4, -0.2) is 81.6 Å². The molecule has 2 N–H and O–H groups in total. The van der Waals surface area contributed by atoms with Crippen LogP contribution < -0.4 is 29.6 Å². The molecule has 1 aliphatic carbocycles. The van der Waals surface area contributed by atoms with E-state index in [2.05, 4.69) is 167 Å². The topological polar surface area (TPSA) is 170 Å². The predicted molar refractivity (Wildman–Crippen MR) is 366 cm³/mol. The highest BCUT2D eigenvalue weighted by Gasteiger charge is 2.30. The number of nitrogens with zero attached hydrogens (tertiary/aromatic N) is 1. The first kappa shape index (κ1) is 70.3. The van der Waals surface area contributed by atoms with Gasteiger partial charge in [0.1, 0.15) is 23.0 Å². The first-order valence-corrected chi connectivity index (χ1v) is 32.7. The van der Waals surface area contributed by atoms with Crippen molar-refractivity contribution in [2.75, 3.05) is 63.4 Å². The van der Waals surface area contributed by atoms with E-state index in [4.69, 9.17) is 38.1 Å². The molecule has 1 heterocycles. The van der Waals surface area contributed by atoms with Gasteiger partial charge in [-0.3, -0.25) is 4.79 Å². The molecule has 7 aromatic rings. The second kappa shape index (κ2) is 31.7. The predicted octanol–water partition coefficient (Wildman–Crippen LogP) is 16.5. The SMILES string of the molecule is CCC.CCCCCCNc1ccc2cc3ccc(NC(=O)COc4c5cc(C(C)(C)C)cc4Cc4cc(C(C)(C)C)cc(c4OCC(=O)OCC)Cc4cc(C(C)(C)C)cc(c4OCC(=O)OCC)Cc4cc(C)cc(c4OCC(=O)OCC)C5)cc3nc2c1. The number of unbranched alkanes of at least 4 members (excludes halogenated alkanes) is 3. The van der Waals surface area contributed by atoms with E-state index < -0.39 is 17.9 Å². The zero-order valence-corrected chi connectivity index (χ0v) is 57.1. The van der Waals surface area contributed by atoms with Crippen molar-refractivity contribution < 1.29 is 52.3 Å². The van der Waals surface area contributed by atoms with Crippen molar-refractivity contribution in [1.82, 2.24) is 4.98 Å². The van der Waals surface area contributed by atoms with Crippen molar-refractivity contribution in [3.05, 3.63) is 158 Å².